The molecule has 7 nitrogen and oxygen atoms in total. The van der Waals surface area contributed by atoms with Crippen molar-refractivity contribution >= 4 is 28.4 Å². The number of aryl methyl sites for hydroxylation is 1. The van der Waals surface area contributed by atoms with Gasteiger partial charge in [-0.1, -0.05) is 87.0 Å². The van der Waals surface area contributed by atoms with Crippen molar-refractivity contribution in [3.8, 4) is 22.8 Å². The van der Waals surface area contributed by atoms with E-state index in [0.29, 0.717) is 29.2 Å². The Labute approximate surface area is 258 Å². The monoisotopic (exact) mass is 587 g/mol. The van der Waals surface area contributed by atoms with Gasteiger partial charge in [-0.05, 0) is 41.3 Å². The Balaban J connectivity index is 1.57. The number of carbonyl (C=O) groups is 2. The third-order valence-corrected chi connectivity index (χ3v) is 8.88. The van der Waals surface area contributed by atoms with Crippen LogP contribution in [0, 0.1) is 5.92 Å². The lowest BCUT2D eigenvalue weighted by Gasteiger charge is -2.36. The highest BCUT2D eigenvalue weighted by Gasteiger charge is 2.47. The fraction of sp³-hybridized carbons (Fsp3) is 0.243. The molecule has 0 fully saturated rings. The first-order chi connectivity index (χ1) is 21.4. The molecule has 44 heavy (non-hydrogen) atoms. The second-order valence-electron chi connectivity index (χ2n) is 11.3. The van der Waals surface area contributed by atoms with E-state index in [1.54, 1.807) is 32.4 Å². The first-order valence-corrected chi connectivity index (χ1v) is 15.0. The van der Waals surface area contributed by atoms with E-state index in [0.717, 1.165) is 33.3 Å². The van der Waals surface area contributed by atoms with Crippen LogP contribution >= 0.6 is 0 Å². The van der Waals surface area contributed by atoms with Crippen molar-refractivity contribution < 1.29 is 19.1 Å². The van der Waals surface area contributed by atoms with E-state index in [4.69, 9.17) is 9.47 Å². The molecular formula is C37H37N3O4. The molecular weight excluding hydrogens is 550 g/mol. The molecule has 0 bridgehead atoms. The lowest BCUT2D eigenvalue weighted by Crippen LogP contribution is -2.50. The lowest BCUT2D eigenvalue weighted by molar-refractivity contribution is -0.122. The quantitative estimate of drug-likeness (QED) is 0.194. The van der Waals surface area contributed by atoms with Crippen molar-refractivity contribution in [2.45, 2.75) is 32.4 Å². The highest BCUT2D eigenvalue weighted by Crippen LogP contribution is 2.48. The molecule has 0 radical (unpaired) electrons. The van der Waals surface area contributed by atoms with Gasteiger partial charge in [0.15, 0.2) is 0 Å². The Hall–Kier alpha value is -5.04. The average Bonchev–Trinajstić information content (AvgIpc) is 3.51. The summed E-state index contributed by atoms with van der Waals surface area (Å²) in [4.78, 5) is 30.8. The van der Waals surface area contributed by atoms with E-state index in [9.17, 15) is 9.59 Å². The molecule has 0 saturated carbocycles. The van der Waals surface area contributed by atoms with Gasteiger partial charge in [0.2, 0.25) is 5.91 Å². The predicted octanol–water partition coefficient (Wildman–Crippen LogP) is 7.46. The van der Waals surface area contributed by atoms with Gasteiger partial charge in [-0.3, -0.25) is 9.59 Å². The molecule has 224 valence electrons. The molecule has 1 aromatic heterocycles. The van der Waals surface area contributed by atoms with Crippen molar-refractivity contribution in [3.05, 3.63) is 114 Å². The maximum atomic E-state index is 14.5. The first-order valence-electron chi connectivity index (χ1n) is 15.0. The molecule has 5 aromatic rings. The molecule has 3 unspecified atom stereocenters. The summed E-state index contributed by atoms with van der Waals surface area (Å²) < 4.78 is 13.2. The van der Waals surface area contributed by atoms with Crippen LogP contribution in [0.15, 0.2) is 97.1 Å². The number of methoxy groups -OCH3 is 2. The van der Waals surface area contributed by atoms with Crippen molar-refractivity contribution in [2.24, 2.45) is 13.0 Å². The molecule has 2 heterocycles. The van der Waals surface area contributed by atoms with E-state index < -0.39 is 12.1 Å². The standard InChI is InChI=1S/C37H37N3O4/c1-6-23(2)33(36(41)38-29-22-25(43-4)20-21-31(29)44-5)40-35(26-16-10-11-17-27(26)37(40)42)32-28-18-12-13-19-30(28)39(3)34(32)24-14-8-7-9-15-24/h7-23,33,35H,6H2,1-5H3,(H,38,41). The summed E-state index contributed by atoms with van der Waals surface area (Å²) in [7, 11) is 5.20. The van der Waals surface area contributed by atoms with Crippen LogP contribution in [-0.2, 0) is 11.8 Å². The Kier molecular flexibility index (Phi) is 7.87. The van der Waals surface area contributed by atoms with Gasteiger partial charge >= 0.3 is 0 Å². The van der Waals surface area contributed by atoms with E-state index in [1.807, 2.05) is 73.3 Å². The van der Waals surface area contributed by atoms with E-state index in [-0.39, 0.29) is 17.7 Å². The number of carbonyl (C=O) groups excluding carboxylic acids is 2. The average molecular weight is 588 g/mol. The van der Waals surface area contributed by atoms with E-state index in [2.05, 4.69) is 41.2 Å². The molecule has 3 atom stereocenters. The van der Waals surface area contributed by atoms with Gasteiger partial charge in [-0.2, -0.15) is 0 Å². The highest BCUT2D eigenvalue weighted by molar-refractivity contribution is 6.06. The van der Waals surface area contributed by atoms with Crippen molar-refractivity contribution in [1.82, 2.24) is 9.47 Å². The first kappa shape index (κ1) is 29.1. The normalized spacial score (nSPS) is 15.6. The van der Waals surface area contributed by atoms with Crippen LogP contribution in [0.4, 0.5) is 5.69 Å². The molecule has 1 aliphatic rings. The molecule has 0 aliphatic carbocycles. The minimum absolute atomic E-state index is 0.150. The Morgan fingerprint density at radius 2 is 1.61 bits per heavy atom. The smallest absolute Gasteiger partial charge is 0.255 e. The fourth-order valence-electron chi connectivity index (χ4n) is 6.56. The second-order valence-corrected chi connectivity index (χ2v) is 11.3. The number of hydrogen-bond acceptors (Lipinski definition) is 4. The van der Waals surface area contributed by atoms with Crippen molar-refractivity contribution in [3.63, 3.8) is 0 Å². The largest absolute Gasteiger partial charge is 0.497 e. The number of fused-ring (bicyclic) bond motifs is 2. The van der Waals surface area contributed by atoms with E-state index in [1.165, 1.54) is 0 Å². The minimum Gasteiger partial charge on any atom is -0.497 e. The van der Waals surface area contributed by atoms with Crippen LogP contribution in [0.5, 0.6) is 11.5 Å². The van der Waals surface area contributed by atoms with Crippen LogP contribution in [0.1, 0.15) is 47.8 Å². The van der Waals surface area contributed by atoms with Gasteiger partial charge < -0.3 is 24.3 Å². The summed E-state index contributed by atoms with van der Waals surface area (Å²) in [5.41, 5.74) is 6.13. The predicted molar refractivity (Wildman–Crippen MR) is 174 cm³/mol. The van der Waals surface area contributed by atoms with Gasteiger partial charge in [0.05, 0.1) is 31.6 Å². The van der Waals surface area contributed by atoms with Gasteiger partial charge in [-0.25, -0.2) is 0 Å². The topological polar surface area (TPSA) is 72.8 Å². The third-order valence-electron chi connectivity index (χ3n) is 8.88. The summed E-state index contributed by atoms with van der Waals surface area (Å²) in [6.07, 6.45) is 0.696. The van der Waals surface area contributed by atoms with Gasteiger partial charge in [0.25, 0.3) is 5.91 Å². The molecule has 6 rings (SSSR count). The number of para-hydroxylation sites is 1. The van der Waals surface area contributed by atoms with E-state index >= 15 is 0 Å². The molecule has 4 aromatic carbocycles. The molecule has 1 N–H and O–H groups in total. The number of benzene rings is 4. The number of ether oxygens (including phenoxy) is 2. The zero-order valence-electron chi connectivity index (χ0n) is 25.7. The molecule has 0 saturated heterocycles. The maximum Gasteiger partial charge on any atom is 0.255 e. The number of hydrogen-bond donors (Lipinski definition) is 1. The molecule has 1 aliphatic heterocycles. The number of anilines is 1. The Bertz CT molecular complexity index is 1840. The Morgan fingerprint density at radius 3 is 2.34 bits per heavy atom. The highest BCUT2D eigenvalue weighted by atomic mass is 16.5. The Morgan fingerprint density at radius 1 is 0.909 bits per heavy atom. The van der Waals surface area contributed by atoms with Crippen LogP contribution < -0.4 is 14.8 Å². The van der Waals surface area contributed by atoms with Crippen LogP contribution in [0.25, 0.3) is 22.2 Å². The lowest BCUT2D eigenvalue weighted by atomic mass is 9.90. The summed E-state index contributed by atoms with van der Waals surface area (Å²) >= 11 is 0. The van der Waals surface area contributed by atoms with Crippen molar-refractivity contribution in [1.29, 1.82) is 0 Å². The molecule has 7 heteroatoms. The summed E-state index contributed by atoms with van der Waals surface area (Å²) in [5.74, 6) is 0.513. The van der Waals surface area contributed by atoms with Gasteiger partial charge in [0, 0.05) is 35.1 Å². The van der Waals surface area contributed by atoms with Crippen LogP contribution in [0.2, 0.25) is 0 Å². The second kappa shape index (κ2) is 11.9. The number of aromatic nitrogens is 1. The molecule has 0 spiro atoms. The number of nitrogens with one attached hydrogen (secondary N) is 1. The summed E-state index contributed by atoms with van der Waals surface area (Å²) in [6.45, 7) is 4.08. The maximum absolute atomic E-state index is 14.5. The van der Waals surface area contributed by atoms with Gasteiger partial charge in [-0.15, -0.1) is 0 Å². The third kappa shape index (κ3) is 4.78. The SMILES string of the molecule is CCC(C)C(C(=O)Nc1cc(OC)ccc1OC)N1C(=O)c2ccccc2C1c1c(-c2ccccc2)n(C)c2ccccc12. The van der Waals surface area contributed by atoms with Crippen LogP contribution in [-0.4, -0.2) is 41.5 Å². The number of amides is 2. The van der Waals surface area contributed by atoms with Gasteiger partial charge in [0.1, 0.15) is 17.5 Å². The van der Waals surface area contributed by atoms with Crippen molar-refractivity contribution in [2.75, 3.05) is 19.5 Å². The number of rotatable bonds is 9. The fourth-order valence-corrected chi connectivity index (χ4v) is 6.56. The zero-order valence-corrected chi connectivity index (χ0v) is 25.7. The minimum atomic E-state index is -0.775. The number of nitrogens with zero attached hydrogens (tertiary/aromatic N) is 2. The summed E-state index contributed by atoms with van der Waals surface area (Å²) in [6, 6.07) is 30.3. The van der Waals surface area contributed by atoms with Crippen LogP contribution in [0.3, 0.4) is 0 Å². The zero-order chi connectivity index (χ0) is 31.0. The molecule has 2 amide bonds. The summed E-state index contributed by atoms with van der Waals surface area (Å²) in [5, 5.41) is 4.14.